The Morgan fingerprint density at radius 1 is 1.25 bits per heavy atom. The Hall–Kier alpha value is -1.24. The minimum absolute atomic E-state index is 0. The van der Waals surface area contributed by atoms with E-state index in [1.807, 2.05) is 0 Å². The summed E-state index contributed by atoms with van der Waals surface area (Å²) in [5.74, 6) is -1.80. The third-order valence-electron chi connectivity index (χ3n) is 4.66. The first-order valence-corrected chi connectivity index (χ1v) is 8.31. The number of carbonyl (C=O) groups is 1. The van der Waals surface area contributed by atoms with Crippen molar-refractivity contribution < 1.29 is 13.6 Å². The molecule has 1 aromatic carbocycles. The van der Waals surface area contributed by atoms with Crippen molar-refractivity contribution >= 4 is 18.3 Å². The van der Waals surface area contributed by atoms with Crippen molar-refractivity contribution in [2.45, 2.75) is 18.8 Å². The highest BCUT2D eigenvalue weighted by Gasteiger charge is 2.46. The van der Waals surface area contributed by atoms with Gasteiger partial charge in [0.1, 0.15) is 11.6 Å². The van der Waals surface area contributed by atoms with Gasteiger partial charge >= 0.3 is 0 Å². The fraction of sp³-hybridized carbons (Fsp3) is 0.588. The van der Waals surface area contributed by atoms with Gasteiger partial charge in [0.15, 0.2) is 0 Å². The highest BCUT2D eigenvalue weighted by Crippen LogP contribution is 2.49. The predicted molar refractivity (Wildman–Crippen MR) is 91.4 cm³/mol. The number of rotatable bonds is 6. The lowest BCUT2D eigenvalue weighted by molar-refractivity contribution is -0.122. The molecule has 0 aromatic heterocycles. The van der Waals surface area contributed by atoms with Crippen molar-refractivity contribution in [3.8, 4) is 0 Å². The molecule has 4 nitrogen and oxygen atoms in total. The molecule has 7 heteroatoms. The maximum atomic E-state index is 13.7. The van der Waals surface area contributed by atoms with Gasteiger partial charge in [-0.1, -0.05) is 6.07 Å². The van der Waals surface area contributed by atoms with Crippen LogP contribution in [-0.4, -0.2) is 50.1 Å². The van der Waals surface area contributed by atoms with Gasteiger partial charge in [0.05, 0.1) is 0 Å². The van der Waals surface area contributed by atoms with Gasteiger partial charge in [-0.05, 0) is 31.5 Å². The number of nitrogens with one attached hydrogen (secondary N) is 2. The molecule has 1 saturated heterocycles. The lowest BCUT2D eigenvalue weighted by Crippen LogP contribution is -2.44. The van der Waals surface area contributed by atoms with Crippen molar-refractivity contribution in [1.82, 2.24) is 15.5 Å². The van der Waals surface area contributed by atoms with Crippen LogP contribution in [-0.2, 0) is 4.79 Å². The Morgan fingerprint density at radius 2 is 1.92 bits per heavy atom. The summed E-state index contributed by atoms with van der Waals surface area (Å²) in [6, 6.07) is 3.85. The van der Waals surface area contributed by atoms with E-state index >= 15 is 0 Å². The van der Waals surface area contributed by atoms with Crippen LogP contribution in [0.15, 0.2) is 18.2 Å². The minimum atomic E-state index is -0.552. The minimum Gasteiger partial charge on any atom is -0.356 e. The number of halogens is 3. The normalized spacial score (nSPS) is 23.4. The zero-order chi connectivity index (χ0) is 16.2. The average molecular weight is 360 g/mol. The molecule has 2 fully saturated rings. The summed E-state index contributed by atoms with van der Waals surface area (Å²) in [4.78, 5) is 14.5. The average Bonchev–Trinajstić information content (AvgIpc) is 3.33. The predicted octanol–water partition coefficient (Wildman–Crippen LogP) is 1.90. The molecule has 1 heterocycles. The Balaban J connectivity index is 0.00000208. The van der Waals surface area contributed by atoms with Crippen molar-refractivity contribution in [3.05, 3.63) is 35.4 Å². The van der Waals surface area contributed by atoms with Crippen LogP contribution in [0.4, 0.5) is 8.78 Å². The molecule has 2 unspecified atom stereocenters. The van der Waals surface area contributed by atoms with Gasteiger partial charge < -0.3 is 15.5 Å². The molecular formula is C17H24ClF2N3O. The maximum absolute atomic E-state index is 13.7. The van der Waals surface area contributed by atoms with Crippen LogP contribution in [0.1, 0.15) is 24.3 Å². The fourth-order valence-corrected chi connectivity index (χ4v) is 3.25. The first-order chi connectivity index (χ1) is 11.2. The summed E-state index contributed by atoms with van der Waals surface area (Å²) < 4.78 is 27.4. The van der Waals surface area contributed by atoms with Gasteiger partial charge in [-0.25, -0.2) is 8.78 Å². The zero-order valence-electron chi connectivity index (χ0n) is 13.6. The van der Waals surface area contributed by atoms with Gasteiger partial charge in [-0.15, -0.1) is 12.4 Å². The number of hydrogen-bond acceptors (Lipinski definition) is 3. The van der Waals surface area contributed by atoms with Gasteiger partial charge in [-0.2, -0.15) is 0 Å². The Labute approximate surface area is 147 Å². The van der Waals surface area contributed by atoms with E-state index in [1.165, 1.54) is 18.2 Å². The molecule has 1 amide bonds. The van der Waals surface area contributed by atoms with E-state index in [0.29, 0.717) is 13.0 Å². The third-order valence-corrected chi connectivity index (χ3v) is 4.66. The quantitative estimate of drug-likeness (QED) is 0.762. The lowest BCUT2D eigenvalue weighted by atomic mass is 10.1. The van der Waals surface area contributed by atoms with Crippen LogP contribution in [0.5, 0.6) is 0 Å². The summed E-state index contributed by atoms with van der Waals surface area (Å²) in [5, 5.41) is 6.20. The van der Waals surface area contributed by atoms with Gasteiger partial charge in [0.2, 0.25) is 5.91 Å². The topological polar surface area (TPSA) is 44.4 Å². The Morgan fingerprint density at radius 3 is 2.58 bits per heavy atom. The van der Waals surface area contributed by atoms with E-state index in [0.717, 1.165) is 39.1 Å². The molecule has 1 aliphatic heterocycles. The standard InChI is InChI=1S/C17H23F2N3O.ClH/c18-14-3-1-4-15(19)16(14)12-11-13(12)17(23)21-5-2-8-22-9-6-20-7-10-22;/h1,3-4,12-13,20H,2,5-11H2,(H,21,23);1H. The van der Waals surface area contributed by atoms with Crippen molar-refractivity contribution in [1.29, 1.82) is 0 Å². The number of hydrogen-bond donors (Lipinski definition) is 2. The smallest absolute Gasteiger partial charge is 0.223 e. The van der Waals surface area contributed by atoms with E-state index in [4.69, 9.17) is 0 Å². The molecule has 2 aliphatic rings. The second kappa shape index (κ2) is 8.74. The van der Waals surface area contributed by atoms with Crippen LogP contribution in [0, 0.1) is 17.6 Å². The Kier molecular flexibility index (Phi) is 6.95. The van der Waals surface area contributed by atoms with E-state index in [-0.39, 0.29) is 35.7 Å². The fourth-order valence-electron chi connectivity index (χ4n) is 3.25. The van der Waals surface area contributed by atoms with Gasteiger partial charge in [0.25, 0.3) is 0 Å². The third kappa shape index (κ3) is 4.65. The van der Waals surface area contributed by atoms with Crippen LogP contribution >= 0.6 is 12.4 Å². The highest BCUT2D eigenvalue weighted by molar-refractivity contribution is 5.85. The number of carbonyl (C=O) groups excluding carboxylic acids is 1. The molecule has 0 bridgehead atoms. The van der Waals surface area contributed by atoms with Crippen LogP contribution < -0.4 is 10.6 Å². The monoisotopic (exact) mass is 359 g/mol. The Bertz CT molecular complexity index is 547. The van der Waals surface area contributed by atoms with Crippen LogP contribution in [0.25, 0.3) is 0 Å². The molecule has 0 spiro atoms. The summed E-state index contributed by atoms with van der Waals surface area (Å²) in [6.45, 7) is 5.72. The number of benzene rings is 1. The molecule has 0 radical (unpaired) electrons. The largest absolute Gasteiger partial charge is 0.356 e. The van der Waals surface area contributed by atoms with Crippen LogP contribution in [0.3, 0.4) is 0 Å². The summed E-state index contributed by atoms with van der Waals surface area (Å²) in [6.07, 6.45) is 1.43. The van der Waals surface area contributed by atoms with E-state index in [1.54, 1.807) is 0 Å². The number of piperazine rings is 1. The second-order valence-corrected chi connectivity index (χ2v) is 6.32. The first kappa shape index (κ1) is 19.1. The lowest BCUT2D eigenvalue weighted by Gasteiger charge is -2.27. The summed E-state index contributed by atoms with van der Waals surface area (Å²) in [5.41, 5.74) is 0.0634. The maximum Gasteiger partial charge on any atom is 0.223 e. The van der Waals surface area contributed by atoms with Crippen molar-refractivity contribution in [2.24, 2.45) is 5.92 Å². The molecule has 2 N–H and O–H groups in total. The molecular weight excluding hydrogens is 336 g/mol. The van der Waals surface area contributed by atoms with E-state index in [9.17, 15) is 13.6 Å². The van der Waals surface area contributed by atoms with E-state index in [2.05, 4.69) is 15.5 Å². The molecule has 24 heavy (non-hydrogen) atoms. The first-order valence-electron chi connectivity index (χ1n) is 8.31. The molecule has 134 valence electrons. The van der Waals surface area contributed by atoms with Crippen molar-refractivity contribution in [2.75, 3.05) is 39.3 Å². The van der Waals surface area contributed by atoms with E-state index < -0.39 is 11.6 Å². The molecule has 3 rings (SSSR count). The SMILES string of the molecule is Cl.O=C(NCCCN1CCNCC1)C1CC1c1c(F)cccc1F. The highest BCUT2D eigenvalue weighted by atomic mass is 35.5. The molecule has 1 aliphatic carbocycles. The molecule has 1 saturated carbocycles. The second-order valence-electron chi connectivity index (χ2n) is 6.32. The number of amides is 1. The molecule has 2 atom stereocenters. The summed E-state index contributed by atoms with van der Waals surface area (Å²) in [7, 11) is 0. The summed E-state index contributed by atoms with van der Waals surface area (Å²) >= 11 is 0. The zero-order valence-corrected chi connectivity index (χ0v) is 14.4. The number of nitrogens with zero attached hydrogens (tertiary/aromatic N) is 1. The van der Waals surface area contributed by atoms with Crippen molar-refractivity contribution in [3.63, 3.8) is 0 Å². The van der Waals surface area contributed by atoms with Crippen LogP contribution in [0.2, 0.25) is 0 Å². The van der Waals surface area contributed by atoms with Gasteiger partial charge in [0, 0.05) is 50.1 Å². The molecule has 1 aromatic rings. The van der Waals surface area contributed by atoms with Gasteiger partial charge in [-0.3, -0.25) is 4.79 Å².